The van der Waals surface area contributed by atoms with Gasteiger partial charge >= 0.3 is 0 Å². The van der Waals surface area contributed by atoms with E-state index >= 15 is 0 Å². The highest BCUT2D eigenvalue weighted by atomic mass is 32.2. The van der Waals surface area contributed by atoms with Gasteiger partial charge in [-0.05, 0) is 31.9 Å². The molecule has 1 aliphatic carbocycles. The van der Waals surface area contributed by atoms with Crippen LogP contribution in [-0.4, -0.2) is 66.3 Å². The molecule has 3 aliphatic rings. The van der Waals surface area contributed by atoms with E-state index in [1.54, 1.807) is 0 Å². The van der Waals surface area contributed by atoms with Crippen molar-refractivity contribution in [3.8, 4) is 0 Å². The van der Waals surface area contributed by atoms with Crippen molar-refractivity contribution in [2.75, 3.05) is 43.4 Å². The largest absolute Gasteiger partial charge is 0.309 e. The van der Waals surface area contributed by atoms with Gasteiger partial charge in [-0.1, -0.05) is 25.0 Å². The lowest BCUT2D eigenvalue weighted by Crippen LogP contribution is -2.56. The monoisotopic (exact) mass is 359 g/mol. The molecule has 1 amide bonds. The molecule has 0 radical (unpaired) electrons. The van der Waals surface area contributed by atoms with Crippen LogP contribution in [0.25, 0.3) is 0 Å². The topological polar surface area (TPSA) is 26.8 Å². The molecule has 1 saturated carbocycles. The molecule has 1 atom stereocenters. The highest BCUT2D eigenvalue weighted by Crippen LogP contribution is 2.35. The lowest BCUT2D eigenvalue weighted by Gasteiger charge is -2.41. The smallest absolute Gasteiger partial charge is 0.244 e. The number of carbonyl (C=O) groups excluding carboxylic acids is 1. The Morgan fingerprint density at radius 2 is 1.80 bits per heavy atom. The van der Waals surface area contributed by atoms with Crippen LogP contribution in [0.2, 0.25) is 0 Å². The van der Waals surface area contributed by atoms with Crippen LogP contribution in [0.3, 0.4) is 0 Å². The molecule has 0 N–H and O–H groups in total. The Hall–Kier alpha value is -1.04. The van der Waals surface area contributed by atoms with Crippen molar-refractivity contribution in [3.63, 3.8) is 0 Å². The molecule has 4 rings (SSSR count). The van der Waals surface area contributed by atoms with Crippen LogP contribution in [0.4, 0.5) is 5.69 Å². The van der Waals surface area contributed by atoms with Crippen molar-refractivity contribution in [1.29, 1.82) is 0 Å². The molecular weight excluding hydrogens is 330 g/mol. The standard InChI is InChI=1S/C20H29N3OS/c1-16(21-10-12-22(13-11-21)17-6-2-3-7-17)20(24)23-14-15-25-19-9-5-4-8-18(19)23/h4-5,8-9,16-17H,2-3,6-7,10-15H2,1H3. The lowest BCUT2D eigenvalue weighted by molar-refractivity contribution is -0.124. The predicted molar refractivity (Wildman–Crippen MR) is 104 cm³/mol. The summed E-state index contributed by atoms with van der Waals surface area (Å²) >= 11 is 1.86. The van der Waals surface area contributed by atoms with E-state index in [1.807, 2.05) is 22.7 Å². The third kappa shape index (κ3) is 3.60. The van der Waals surface area contributed by atoms with E-state index in [4.69, 9.17) is 0 Å². The molecule has 2 aliphatic heterocycles. The molecule has 1 saturated heterocycles. The van der Waals surface area contributed by atoms with Gasteiger partial charge in [-0.2, -0.15) is 0 Å². The number of fused-ring (bicyclic) bond motifs is 1. The maximum atomic E-state index is 13.2. The Morgan fingerprint density at radius 3 is 2.56 bits per heavy atom. The number of rotatable bonds is 3. The lowest BCUT2D eigenvalue weighted by atomic mass is 10.1. The van der Waals surface area contributed by atoms with Gasteiger partial charge in [-0.15, -0.1) is 11.8 Å². The van der Waals surface area contributed by atoms with Gasteiger partial charge in [0.05, 0.1) is 11.7 Å². The van der Waals surface area contributed by atoms with Crippen molar-refractivity contribution in [2.24, 2.45) is 0 Å². The van der Waals surface area contributed by atoms with E-state index in [-0.39, 0.29) is 11.9 Å². The fourth-order valence-corrected chi connectivity index (χ4v) is 5.53. The van der Waals surface area contributed by atoms with Crippen LogP contribution in [0, 0.1) is 0 Å². The van der Waals surface area contributed by atoms with Gasteiger partial charge in [-0.3, -0.25) is 14.6 Å². The highest BCUT2D eigenvalue weighted by molar-refractivity contribution is 7.99. The van der Waals surface area contributed by atoms with Gasteiger partial charge in [0, 0.05) is 49.4 Å². The number of piperazine rings is 1. The van der Waals surface area contributed by atoms with Gasteiger partial charge in [0.15, 0.2) is 0 Å². The fourth-order valence-electron chi connectivity index (χ4n) is 4.54. The maximum Gasteiger partial charge on any atom is 0.244 e. The molecule has 2 heterocycles. The Balaban J connectivity index is 1.38. The summed E-state index contributed by atoms with van der Waals surface area (Å²) in [6.45, 7) is 7.20. The van der Waals surface area contributed by atoms with E-state index in [0.717, 1.165) is 50.2 Å². The zero-order chi connectivity index (χ0) is 17.2. The molecule has 0 bridgehead atoms. The number of para-hydroxylation sites is 1. The number of benzene rings is 1. The molecular formula is C20H29N3OS. The first kappa shape index (κ1) is 17.4. The summed E-state index contributed by atoms with van der Waals surface area (Å²) in [5, 5.41) is 0. The molecule has 4 nitrogen and oxygen atoms in total. The summed E-state index contributed by atoms with van der Waals surface area (Å²) in [5.41, 5.74) is 1.10. The van der Waals surface area contributed by atoms with Crippen LogP contribution in [0.5, 0.6) is 0 Å². The minimum Gasteiger partial charge on any atom is -0.309 e. The van der Waals surface area contributed by atoms with Gasteiger partial charge < -0.3 is 4.90 Å². The average Bonchev–Trinajstić information content (AvgIpc) is 3.21. The molecule has 1 unspecified atom stereocenters. The molecule has 0 spiro atoms. The van der Waals surface area contributed by atoms with Crippen LogP contribution in [-0.2, 0) is 4.79 Å². The second-order valence-corrected chi connectivity index (χ2v) is 8.63. The van der Waals surface area contributed by atoms with E-state index in [9.17, 15) is 4.79 Å². The Bertz CT molecular complexity index is 609. The average molecular weight is 360 g/mol. The number of carbonyl (C=O) groups is 1. The number of hydrogen-bond donors (Lipinski definition) is 0. The molecule has 136 valence electrons. The summed E-state index contributed by atoms with van der Waals surface area (Å²) in [4.78, 5) is 21.5. The van der Waals surface area contributed by atoms with E-state index < -0.39 is 0 Å². The van der Waals surface area contributed by atoms with Gasteiger partial charge in [0.1, 0.15) is 0 Å². The quantitative estimate of drug-likeness (QED) is 0.829. The van der Waals surface area contributed by atoms with Crippen LogP contribution in [0.1, 0.15) is 32.6 Å². The zero-order valence-electron chi connectivity index (χ0n) is 15.2. The Morgan fingerprint density at radius 1 is 1.08 bits per heavy atom. The molecule has 1 aromatic rings. The molecule has 5 heteroatoms. The van der Waals surface area contributed by atoms with Gasteiger partial charge in [0.2, 0.25) is 5.91 Å². The van der Waals surface area contributed by atoms with Crippen LogP contribution in [0.15, 0.2) is 29.2 Å². The first-order valence-electron chi connectivity index (χ1n) is 9.75. The van der Waals surface area contributed by atoms with Crippen molar-refractivity contribution >= 4 is 23.4 Å². The molecule has 0 aromatic heterocycles. The zero-order valence-corrected chi connectivity index (χ0v) is 16.0. The summed E-state index contributed by atoms with van der Waals surface area (Å²) in [5.74, 6) is 1.26. The fraction of sp³-hybridized carbons (Fsp3) is 0.650. The maximum absolute atomic E-state index is 13.2. The third-order valence-electron chi connectivity index (χ3n) is 6.09. The van der Waals surface area contributed by atoms with Crippen molar-refractivity contribution < 1.29 is 4.79 Å². The van der Waals surface area contributed by atoms with E-state index in [2.05, 4.69) is 34.9 Å². The molecule has 25 heavy (non-hydrogen) atoms. The third-order valence-corrected chi connectivity index (χ3v) is 7.13. The number of amides is 1. The number of thioether (sulfide) groups is 1. The van der Waals surface area contributed by atoms with Gasteiger partial charge in [0.25, 0.3) is 0 Å². The first-order valence-corrected chi connectivity index (χ1v) is 10.7. The van der Waals surface area contributed by atoms with E-state index in [1.165, 1.54) is 30.6 Å². The van der Waals surface area contributed by atoms with Crippen LogP contribution < -0.4 is 4.90 Å². The number of anilines is 1. The second kappa shape index (κ2) is 7.68. The highest BCUT2D eigenvalue weighted by Gasteiger charge is 2.33. The van der Waals surface area contributed by atoms with Crippen molar-refractivity contribution in [3.05, 3.63) is 24.3 Å². The van der Waals surface area contributed by atoms with Crippen LogP contribution >= 0.6 is 11.8 Å². The number of hydrogen-bond acceptors (Lipinski definition) is 4. The van der Waals surface area contributed by atoms with Gasteiger partial charge in [-0.25, -0.2) is 0 Å². The SMILES string of the molecule is CC(C(=O)N1CCSc2ccccc21)N1CCN(C2CCCC2)CC1. The summed E-state index contributed by atoms with van der Waals surface area (Å²) < 4.78 is 0. The summed E-state index contributed by atoms with van der Waals surface area (Å²) in [7, 11) is 0. The summed E-state index contributed by atoms with van der Waals surface area (Å²) in [6.07, 6.45) is 5.53. The Labute approximate surface area is 155 Å². The second-order valence-electron chi connectivity index (χ2n) is 7.49. The summed E-state index contributed by atoms with van der Waals surface area (Å²) in [6, 6.07) is 9.09. The van der Waals surface area contributed by atoms with Crippen molar-refractivity contribution in [1.82, 2.24) is 9.80 Å². The normalized spacial score (nSPS) is 24.3. The van der Waals surface area contributed by atoms with E-state index in [0.29, 0.717) is 0 Å². The Kier molecular flexibility index (Phi) is 5.34. The number of nitrogens with zero attached hydrogens (tertiary/aromatic N) is 3. The minimum atomic E-state index is -0.0260. The first-order chi connectivity index (χ1) is 12.2. The minimum absolute atomic E-state index is 0.0260. The predicted octanol–water partition coefficient (Wildman–Crippen LogP) is 3.07. The molecule has 1 aromatic carbocycles. The van der Waals surface area contributed by atoms with Crippen molar-refractivity contribution in [2.45, 2.75) is 49.6 Å². The molecule has 2 fully saturated rings.